The number of hydrogen-bond donors (Lipinski definition) is 0. The SMILES string of the molecule is C[C@H](CCCN=[N+]=[N-])[C@H]1CC[C@H]2[C@@H]3CCC4CCCC[C@]4(C)[C@H]3CC[C@]12C. The molecule has 0 saturated heterocycles. The third-order valence-electron chi connectivity index (χ3n) is 10.3. The zero-order valence-electron chi connectivity index (χ0n) is 18.0. The van der Waals surface area contributed by atoms with Crippen molar-refractivity contribution in [1.82, 2.24) is 0 Å². The Morgan fingerprint density at radius 1 is 0.963 bits per heavy atom. The molecule has 0 aromatic heterocycles. The minimum Gasteiger partial charge on any atom is -0.0940 e. The lowest BCUT2D eigenvalue weighted by Gasteiger charge is -2.61. The monoisotopic (exact) mass is 371 g/mol. The summed E-state index contributed by atoms with van der Waals surface area (Å²) in [6.45, 7) is 8.53. The Kier molecular flexibility index (Phi) is 5.54. The van der Waals surface area contributed by atoms with Crippen LogP contribution in [0.15, 0.2) is 5.11 Å². The van der Waals surface area contributed by atoms with E-state index in [2.05, 4.69) is 30.8 Å². The van der Waals surface area contributed by atoms with Gasteiger partial charge in [-0.3, -0.25) is 0 Å². The van der Waals surface area contributed by atoms with Crippen LogP contribution in [0.2, 0.25) is 0 Å². The molecule has 27 heavy (non-hydrogen) atoms. The maximum Gasteiger partial charge on any atom is 0.0258 e. The first-order chi connectivity index (χ1) is 13.0. The molecule has 0 spiro atoms. The molecule has 152 valence electrons. The van der Waals surface area contributed by atoms with E-state index in [0.717, 1.165) is 41.9 Å². The van der Waals surface area contributed by atoms with E-state index in [9.17, 15) is 0 Å². The zero-order chi connectivity index (χ0) is 19.1. The molecule has 0 bridgehead atoms. The first kappa shape index (κ1) is 19.6. The van der Waals surface area contributed by atoms with Gasteiger partial charge in [0.05, 0.1) is 0 Å². The predicted octanol–water partition coefficient (Wildman–Crippen LogP) is 7.76. The molecule has 3 heteroatoms. The lowest BCUT2D eigenvalue weighted by atomic mass is 9.44. The first-order valence-corrected chi connectivity index (χ1v) is 12.0. The standard InChI is InChI=1S/C24H41N3/c1-17(7-6-16-26-27-25)20-11-12-21-19-10-9-18-8-4-5-14-23(18,2)22(19)13-15-24(20,21)3/h17-22H,4-16H2,1-3H3/t17-,18?,19+,20-,21+,22+,23+,24-/m1/s1. The highest BCUT2D eigenvalue weighted by molar-refractivity contribution is 5.09. The van der Waals surface area contributed by atoms with E-state index in [1.165, 1.54) is 70.6 Å². The molecule has 3 nitrogen and oxygen atoms in total. The zero-order valence-corrected chi connectivity index (χ0v) is 18.0. The molecule has 0 N–H and O–H groups in total. The second-order valence-electron chi connectivity index (χ2n) is 11.2. The number of rotatable bonds is 5. The molecule has 4 saturated carbocycles. The van der Waals surface area contributed by atoms with Gasteiger partial charge in [-0.1, -0.05) is 45.1 Å². The van der Waals surface area contributed by atoms with Gasteiger partial charge in [-0.15, -0.1) is 0 Å². The summed E-state index contributed by atoms with van der Waals surface area (Å²) in [5.41, 5.74) is 9.76. The number of nitrogens with zero attached hydrogens (tertiary/aromatic N) is 3. The van der Waals surface area contributed by atoms with Gasteiger partial charge in [-0.25, -0.2) is 0 Å². The largest absolute Gasteiger partial charge is 0.0940 e. The molecular formula is C24H41N3. The van der Waals surface area contributed by atoms with E-state index in [1.54, 1.807) is 0 Å². The molecule has 4 rings (SSSR count). The minimum absolute atomic E-state index is 0.580. The topological polar surface area (TPSA) is 48.8 Å². The Bertz CT molecular complexity index is 582. The fourth-order valence-corrected chi connectivity index (χ4v) is 9.00. The summed E-state index contributed by atoms with van der Waals surface area (Å²) >= 11 is 0. The van der Waals surface area contributed by atoms with Crippen molar-refractivity contribution in [2.75, 3.05) is 6.54 Å². The lowest BCUT2D eigenvalue weighted by molar-refractivity contribution is -0.114. The lowest BCUT2D eigenvalue weighted by Crippen LogP contribution is -2.53. The van der Waals surface area contributed by atoms with Gasteiger partial charge in [0.2, 0.25) is 0 Å². The number of fused-ring (bicyclic) bond motifs is 5. The summed E-state index contributed by atoms with van der Waals surface area (Å²) in [5, 5.41) is 3.75. The molecule has 0 heterocycles. The Hall–Kier alpha value is -0.690. The molecule has 0 aromatic rings. The van der Waals surface area contributed by atoms with Crippen molar-refractivity contribution in [3.63, 3.8) is 0 Å². The quantitative estimate of drug-likeness (QED) is 0.205. The van der Waals surface area contributed by atoms with E-state index in [1.807, 2.05) is 0 Å². The van der Waals surface area contributed by atoms with E-state index in [0.29, 0.717) is 17.4 Å². The van der Waals surface area contributed by atoms with Crippen molar-refractivity contribution < 1.29 is 0 Å². The van der Waals surface area contributed by atoms with E-state index in [-0.39, 0.29) is 0 Å². The summed E-state index contributed by atoms with van der Waals surface area (Å²) in [7, 11) is 0. The van der Waals surface area contributed by atoms with Gasteiger partial charge in [0.15, 0.2) is 0 Å². The van der Waals surface area contributed by atoms with Gasteiger partial charge in [-0.05, 0) is 110 Å². The van der Waals surface area contributed by atoms with Crippen molar-refractivity contribution in [1.29, 1.82) is 0 Å². The van der Waals surface area contributed by atoms with Crippen molar-refractivity contribution in [3.05, 3.63) is 10.4 Å². The van der Waals surface area contributed by atoms with Crippen molar-refractivity contribution in [2.45, 2.75) is 97.8 Å². The summed E-state index contributed by atoms with van der Waals surface area (Å²) in [6, 6.07) is 0. The van der Waals surface area contributed by atoms with E-state index >= 15 is 0 Å². The molecule has 1 unspecified atom stereocenters. The maximum absolute atomic E-state index is 8.51. The van der Waals surface area contributed by atoms with Crippen molar-refractivity contribution in [2.24, 2.45) is 51.5 Å². The number of hydrogen-bond acceptors (Lipinski definition) is 1. The van der Waals surface area contributed by atoms with Crippen molar-refractivity contribution >= 4 is 0 Å². The molecular weight excluding hydrogens is 330 g/mol. The Labute approximate surface area is 166 Å². The summed E-state index contributed by atoms with van der Waals surface area (Å²) in [4.78, 5) is 2.92. The van der Waals surface area contributed by atoms with Crippen LogP contribution in [0.25, 0.3) is 10.4 Å². The molecule has 0 aromatic carbocycles. The smallest absolute Gasteiger partial charge is 0.0258 e. The van der Waals surface area contributed by atoms with Crippen LogP contribution in [-0.4, -0.2) is 6.54 Å². The minimum atomic E-state index is 0.580. The van der Waals surface area contributed by atoms with Gasteiger partial charge >= 0.3 is 0 Å². The normalized spacial score (nSPS) is 47.3. The van der Waals surface area contributed by atoms with Crippen LogP contribution in [0.5, 0.6) is 0 Å². The average molecular weight is 372 g/mol. The molecule has 4 aliphatic rings. The highest BCUT2D eigenvalue weighted by Gasteiger charge is 2.59. The van der Waals surface area contributed by atoms with E-state index < -0.39 is 0 Å². The van der Waals surface area contributed by atoms with Gasteiger partial charge in [0.25, 0.3) is 0 Å². The van der Waals surface area contributed by atoms with Crippen LogP contribution >= 0.6 is 0 Å². The Balaban J connectivity index is 1.47. The highest BCUT2D eigenvalue weighted by Crippen LogP contribution is 2.68. The van der Waals surface area contributed by atoms with Crippen LogP contribution in [0.4, 0.5) is 0 Å². The van der Waals surface area contributed by atoms with Crippen molar-refractivity contribution in [3.8, 4) is 0 Å². The van der Waals surface area contributed by atoms with Gasteiger partial charge in [0, 0.05) is 11.5 Å². The predicted molar refractivity (Wildman–Crippen MR) is 112 cm³/mol. The molecule has 4 aliphatic carbocycles. The number of azide groups is 1. The molecule has 0 amide bonds. The second-order valence-corrected chi connectivity index (χ2v) is 11.2. The highest BCUT2D eigenvalue weighted by atomic mass is 15.1. The maximum atomic E-state index is 8.51. The third kappa shape index (κ3) is 3.22. The Morgan fingerprint density at radius 3 is 2.59 bits per heavy atom. The van der Waals surface area contributed by atoms with Crippen LogP contribution in [0.3, 0.4) is 0 Å². The molecule has 8 atom stereocenters. The molecule has 4 fully saturated rings. The molecule has 0 aliphatic heterocycles. The fraction of sp³-hybridized carbons (Fsp3) is 1.00. The van der Waals surface area contributed by atoms with Crippen LogP contribution in [0.1, 0.15) is 97.8 Å². The second kappa shape index (κ2) is 7.62. The van der Waals surface area contributed by atoms with Gasteiger partial charge in [-0.2, -0.15) is 0 Å². The summed E-state index contributed by atoms with van der Waals surface area (Å²) in [6.07, 6.45) is 17.3. The van der Waals surface area contributed by atoms with Crippen LogP contribution in [0, 0.1) is 46.3 Å². The fourth-order valence-electron chi connectivity index (χ4n) is 9.00. The third-order valence-corrected chi connectivity index (χ3v) is 10.3. The van der Waals surface area contributed by atoms with Crippen LogP contribution in [-0.2, 0) is 0 Å². The van der Waals surface area contributed by atoms with Crippen LogP contribution < -0.4 is 0 Å². The Morgan fingerprint density at radius 2 is 1.78 bits per heavy atom. The first-order valence-electron chi connectivity index (χ1n) is 12.0. The van der Waals surface area contributed by atoms with Gasteiger partial charge < -0.3 is 0 Å². The van der Waals surface area contributed by atoms with Gasteiger partial charge in [0.1, 0.15) is 0 Å². The summed E-state index contributed by atoms with van der Waals surface area (Å²) < 4.78 is 0. The average Bonchev–Trinajstić information content (AvgIpc) is 3.02. The molecule has 0 radical (unpaired) electrons. The summed E-state index contributed by atoms with van der Waals surface area (Å²) in [5.74, 6) is 5.74. The van der Waals surface area contributed by atoms with E-state index in [4.69, 9.17) is 5.53 Å².